The molecule has 53 heavy (non-hydrogen) atoms. The number of benzene rings is 5. The van der Waals surface area contributed by atoms with Gasteiger partial charge in [-0.2, -0.15) is 0 Å². The second kappa shape index (κ2) is 12.8. The topological polar surface area (TPSA) is 51.8 Å². The van der Waals surface area contributed by atoms with Crippen LogP contribution in [0.25, 0.3) is 83.7 Å². The van der Waals surface area contributed by atoms with Gasteiger partial charge in [0.25, 0.3) is 0 Å². The number of furan rings is 1. The lowest BCUT2D eigenvalue weighted by Gasteiger charge is -2.23. The summed E-state index contributed by atoms with van der Waals surface area (Å²) in [6.45, 7) is 10.8. The van der Waals surface area contributed by atoms with Crippen LogP contribution < -0.4 is 0 Å². The summed E-state index contributed by atoms with van der Waals surface area (Å²) in [4.78, 5) is 14.8. The lowest BCUT2D eigenvalue weighted by Crippen LogP contribution is -2.16. The van der Waals surface area contributed by atoms with Crippen molar-refractivity contribution in [2.24, 2.45) is 0 Å². The molecule has 1 aliphatic rings. The first-order valence-electron chi connectivity index (χ1n) is 18.0. The molecule has 0 spiro atoms. The molecule has 0 radical (unpaired) electrons. The predicted molar refractivity (Wildman–Crippen MR) is 219 cm³/mol. The first-order chi connectivity index (χ1) is 25.9. The Morgan fingerprint density at radius 2 is 1.30 bits per heavy atom. The fraction of sp³-hybridized carbons (Fsp3) is 0.0816. The summed E-state index contributed by atoms with van der Waals surface area (Å²) in [6.07, 6.45) is 10.0. The molecule has 0 saturated carbocycles. The molecule has 0 fully saturated rings. The Morgan fingerprint density at radius 1 is 0.604 bits per heavy atom. The van der Waals surface area contributed by atoms with E-state index >= 15 is 0 Å². The van der Waals surface area contributed by atoms with Gasteiger partial charge >= 0.3 is 0 Å². The Balaban J connectivity index is 1.16. The van der Waals surface area contributed by atoms with E-state index in [0.717, 1.165) is 66.7 Å². The Hall–Kier alpha value is -6.65. The van der Waals surface area contributed by atoms with Crippen molar-refractivity contribution in [3.63, 3.8) is 0 Å². The van der Waals surface area contributed by atoms with E-state index in [4.69, 9.17) is 14.4 Å². The van der Waals surface area contributed by atoms with Crippen molar-refractivity contribution < 1.29 is 4.42 Å². The lowest BCUT2D eigenvalue weighted by molar-refractivity contribution is 0.654. The fourth-order valence-electron chi connectivity index (χ4n) is 7.82. The molecule has 0 bridgehead atoms. The van der Waals surface area contributed by atoms with Gasteiger partial charge in [0.2, 0.25) is 0 Å². The summed E-state index contributed by atoms with van der Waals surface area (Å²) in [5.41, 5.74) is 15.7. The summed E-state index contributed by atoms with van der Waals surface area (Å²) >= 11 is 0. The molecular weight excluding hydrogens is 647 g/mol. The van der Waals surface area contributed by atoms with Crippen LogP contribution in [0.15, 0.2) is 175 Å². The SMILES string of the molecule is C=CC1=C(/C=C\C)C(C)(C)c2cc(-c3ccc(-c4cc(-c5ccc6oc7ccccc7c6c5)nc(-c5ccccc5-c5cccnc5)n4)cc3)ccc21. The molecule has 1 aliphatic carbocycles. The average molecular weight is 684 g/mol. The van der Waals surface area contributed by atoms with Crippen LogP contribution in [0.3, 0.4) is 0 Å². The van der Waals surface area contributed by atoms with Crippen molar-refractivity contribution >= 4 is 27.5 Å². The summed E-state index contributed by atoms with van der Waals surface area (Å²) < 4.78 is 6.16. The van der Waals surface area contributed by atoms with Gasteiger partial charge in [0.1, 0.15) is 11.2 Å². The Kier molecular flexibility index (Phi) is 7.82. The molecule has 5 aromatic carbocycles. The molecule has 254 valence electrons. The maximum Gasteiger partial charge on any atom is 0.161 e. The van der Waals surface area contributed by atoms with Gasteiger partial charge in [0, 0.05) is 50.8 Å². The lowest BCUT2D eigenvalue weighted by atomic mass is 9.80. The molecule has 3 heterocycles. The summed E-state index contributed by atoms with van der Waals surface area (Å²) in [5, 5.41) is 2.14. The van der Waals surface area contributed by atoms with E-state index in [0.29, 0.717) is 5.82 Å². The van der Waals surface area contributed by atoms with Gasteiger partial charge in [0.15, 0.2) is 5.82 Å². The number of para-hydroxylation sites is 1. The minimum absolute atomic E-state index is 0.118. The van der Waals surface area contributed by atoms with E-state index in [9.17, 15) is 0 Å². The zero-order valence-electron chi connectivity index (χ0n) is 30.0. The summed E-state index contributed by atoms with van der Waals surface area (Å²) in [7, 11) is 0. The highest BCUT2D eigenvalue weighted by molar-refractivity contribution is 6.06. The minimum atomic E-state index is -0.118. The first kappa shape index (κ1) is 32.3. The third kappa shape index (κ3) is 5.51. The molecule has 0 amide bonds. The highest BCUT2D eigenvalue weighted by Crippen LogP contribution is 2.48. The molecule has 4 heteroatoms. The average Bonchev–Trinajstić information content (AvgIpc) is 3.68. The van der Waals surface area contributed by atoms with Crippen molar-refractivity contribution in [3.8, 4) is 56.2 Å². The standard InChI is InChI=1S/C49H37N3O/c1-5-12-42-36(6-2)38-24-22-33(28-43(38)49(42,3)4)31-18-20-32(21-19-31)44-29-45(34-23-25-47-41(27-34)39-15-9-10-17-46(39)53-47)52-48(51-44)40-16-8-7-14-37(40)35-13-11-26-50-30-35/h5-30H,2H2,1,3-4H3/b12-5-. The zero-order chi connectivity index (χ0) is 36.1. The van der Waals surface area contributed by atoms with Crippen molar-refractivity contribution in [1.82, 2.24) is 15.0 Å². The summed E-state index contributed by atoms with van der Waals surface area (Å²) in [5.74, 6) is 0.654. The number of hydrogen-bond acceptors (Lipinski definition) is 4. The quantitative estimate of drug-likeness (QED) is 0.168. The van der Waals surface area contributed by atoms with E-state index in [1.807, 2.05) is 54.7 Å². The Morgan fingerprint density at radius 3 is 2.08 bits per heavy atom. The number of allylic oxidation sites excluding steroid dienone is 5. The smallest absolute Gasteiger partial charge is 0.161 e. The summed E-state index contributed by atoms with van der Waals surface area (Å²) in [6, 6.07) is 44.4. The number of rotatable bonds is 7. The van der Waals surface area contributed by atoms with Gasteiger partial charge in [-0.25, -0.2) is 9.97 Å². The highest BCUT2D eigenvalue weighted by atomic mass is 16.3. The van der Waals surface area contributed by atoms with Crippen molar-refractivity contribution in [2.45, 2.75) is 26.2 Å². The van der Waals surface area contributed by atoms with Gasteiger partial charge in [-0.15, -0.1) is 0 Å². The molecule has 0 aliphatic heterocycles. The number of nitrogens with zero attached hydrogens (tertiary/aromatic N) is 3. The molecule has 0 N–H and O–H groups in total. The normalized spacial score (nSPS) is 13.6. The van der Waals surface area contributed by atoms with Crippen LogP contribution in [0.2, 0.25) is 0 Å². The number of aromatic nitrogens is 3. The maximum absolute atomic E-state index is 6.16. The fourth-order valence-corrected chi connectivity index (χ4v) is 7.82. The molecule has 3 aromatic heterocycles. The largest absolute Gasteiger partial charge is 0.456 e. The van der Waals surface area contributed by atoms with Gasteiger partial charge in [0.05, 0.1) is 11.4 Å². The van der Waals surface area contributed by atoms with Crippen molar-refractivity contribution in [2.75, 3.05) is 0 Å². The predicted octanol–water partition coefficient (Wildman–Crippen LogP) is 12.9. The zero-order valence-corrected chi connectivity index (χ0v) is 30.0. The molecule has 0 unspecified atom stereocenters. The molecule has 9 rings (SSSR count). The Bertz CT molecular complexity index is 2770. The van der Waals surface area contributed by atoms with Gasteiger partial charge < -0.3 is 4.42 Å². The molecule has 8 aromatic rings. The van der Waals surface area contributed by atoms with Crippen LogP contribution in [-0.4, -0.2) is 15.0 Å². The molecule has 4 nitrogen and oxygen atoms in total. The number of hydrogen-bond donors (Lipinski definition) is 0. The van der Waals surface area contributed by atoms with Crippen LogP contribution in [-0.2, 0) is 5.41 Å². The van der Waals surface area contributed by atoms with E-state index < -0.39 is 0 Å². The molecule has 0 atom stereocenters. The van der Waals surface area contributed by atoms with Crippen molar-refractivity contribution in [3.05, 3.63) is 181 Å². The van der Waals surface area contributed by atoms with Crippen LogP contribution in [0, 0.1) is 0 Å². The number of fused-ring (bicyclic) bond motifs is 4. The van der Waals surface area contributed by atoms with Crippen LogP contribution in [0.5, 0.6) is 0 Å². The highest BCUT2D eigenvalue weighted by Gasteiger charge is 2.35. The second-order valence-corrected chi connectivity index (χ2v) is 14.1. The van der Waals surface area contributed by atoms with Crippen LogP contribution >= 0.6 is 0 Å². The first-order valence-corrected chi connectivity index (χ1v) is 18.0. The third-order valence-corrected chi connectivity index (χ3v) is 10.5. The van der Waals surface area contributed by atoms with Crippen LogP contribution in [0.4, 0.5) is 0 Å². The minimum Gasteiger partial charge on any atom is -0.456 e. The Labute approximate surface area is 309 Å². The monoisotopic (exact) mass is 683 g/mol. The van der Waals surface area contributed by atoms with E-state index in [1.165, 1.54) is 27.8 Å². The third-order valence-electron chi connectivity index (χ3n) is 10.5. The van der Waals surface area contributed by atoms with E-state index in [-0.39, 0.29) is 5.41 Å². The number of pyridine rings is 1. The molecular formula is C49H37N3O. The maximum atomic E-state index is 6.16. The van der Waals surface area contributed by atoms with Crippen molar-refractivity contribution in [1.29, 1.82) is 0 Å². The van der Waals surface area contributed by atoms with Crippen LogP contribution in [0.1, 0.15) is 31.9 Å². The second-order valence-electron chi connectivity index (χ2n) is 14.1. The van der Waals surface area contributed by atoms with Gasteiger partial charge in [-0.1, -0.05) is 124 Å². The van der Waals surface area contributed by atoms with E-state index in [1.54, 1.807) is 6.20 Å². The van der Waals surface area contributed by atoms with Gasteiger partial charge in [-0.05, 0) is 88.4 Å². The van der Waals surface area contributed by atoms with Gasteiger partial charge in [-0.3, -0.25) is 4.98 Å². The van der Waals surface area contributed by atoms with E-state index in [2.05, 4.69) is 129 Å². The molecule has 0 saturated heterocycles.